The van der Waals surface area contributed by atoms with Gasteiger partial charge in [-0.3, -0.25) is 4.68 Å². The lowest BCUT2D eigenvalue weighted by Gasteiger charge is -2.15. The minimum absolute atomic E-state index is 0.138. The fourth-order valence-corrected chi connectivity index (χ4v) is 2.03. The Morgan fingerprint density at radius 1 is 1.33 bits per heavy atom. The zero-order chi connectivity index (χ0) is 13.0. The Balaban J connectivity index is 1.87. The molecule has 4 heteroatoms. The maximum absolute atomic E-state index is 9.75. The first-order chi connectivity index (χ1) is 8.68. The van der Waals surface area contributed by atoms with Crippen LogP contribution in [0, 0.1) is 0 Å². The van der Waals surface area contributed by atoms with Crippen LogP contribution in [-0.4, -0.2) is 21.4 Å². The van der Waals surface area contributed by atoms with Crippen LogP contribution in [0.5, 0.6) is 5.75 Å². The maximum Gasteiger partial charge on any atom is 0.120 e. The minimum atomic E-state index is 0.138. The first kappa shape index (κ1) is 12.6. The number of hydrogen-bond donors (Lipinski definition) is 2. The third-order valence-corrected chi connectivity index (χ3v) is 3.16. The Bertz CT molecular complexity index is 507. The first-order valence-corrected chi connectivity index (χ1v) is 6.16. The van der Waals surface area contributed by atoms with Crippen LogP contribution >= 0.6 is 0 Å². The minimum Gasteiger partial charge on any atom is -0.508 e. The molecule has 0 spiro atoms. The highest BCUT2D eigenvalue weighted by Crippen LogP contribution is 2.22. The van der Waals surface area contributed by atoms with Gasteiger partial charge in [0, 0.05) is 43.5 Å². The molecular formula is C14H19N3O. The van der Waals surface area contributed by atoms with Gasteiger partial charge in [-0.25, -0.2) is 0 Å². The van der Waals surface area contributed by atoms with E-state index in [0.29, 0.717) is 5.75 Å². The molecule has 2 aromatic rings. The summed E-state index contributed by atoms with van der Waals surface area (Å²) in [4.78, 5) is 0. The van der Waals surface area contributed by atoms with Crippen LogP contribution in [-0.2, 0) is 13.5 Å². The highest BCUT2D eigenvalue weighted by atomic mass is 16.3. The highest BCUT2D eigenvalue weighted by molar-refractivity contribution is 5.34. The van der Waals surface area contributed by atoms with Gasteiger partial charge in [0.2, 0.25) is 0 Å². The molecule has 0 bridgehead atoms. The second kappa shape index (κ2) is 5.69. The van der Waals surface area contributed by atoms with Gasteiger partial charge in [0.05, 0.1) is 0 Å². The fourth-order valence-electron chi connectivity index (χ4n) is 2.03. The van der Waals surface area contributed by atoms with Crippen LogP contribution in [0.1, 0.15) is 24.2 Å². The summed E-state index contributed by atoms with van der Waals surface area (Å²) in [5.41, 5.74) is 2.13. The average Bonchev–Trinajstić information content (AvgIpc) is 2.75. The van der Waals surface area contributed by atoms with Gasteiger partial charge in [0.25, 0.3) is 0 Å². The lowest BCUT2D eigenvalue weighted by molar-refractivity contribution is 0.452. The predicted octanol–water partition coefficient (Wildman–Crippen LogP) is 2.02. The number of phenols is 1. The Hall–Kier alpha value is -1.81. The standard InChI is InChI=1S/C14H19N3O/c1-11(13-5-3-4-6-14(13)18)15-9-7-12-8-10-16-17(12)2/h3-6,8,10-11,15,18H,7,9H2,1-2H3. The molecule has 0 aliphatic heterocycles. The topological polar surface area (TPSA) is 50.1 Å². The quantitative estimate of drug-likeness (QED) is 0.847. The summed E-state index contributed by atoms with van der Waals surface area (Å²) in [6.45, 7) is 2.91. The van der Waals surface area contributed by atoms with Gasteiger partial charge < -0.3 is 10.4 Å². The Kier molecular flexibility index (Phi) is 3.99. The summed E-state index contributed by atoms with van der Waals surface area (Å²) in [7, 11) is 1.95. The highest BCUT2D eigenvalue weighted by Gasteiger charge is 2.08. The van der Waals surface area contributed by atoms with E-state index in [-0.39, 0.29) is 6.04 Å². The largest absolute Gasteiger partial charge is 0.508 e. The fraction of sp³-hybridized carbons (Fsp3) is 0.357. The summed E-state index contributed by atoms with van der Waals surface area (Å²) >= 11 is 0. The molecule has 1 aromatic carbocycles. The second-order valence-corrected chi connectivity index (χ2v) is 4.43. The van der Waals surface area contributed by atoms with Gasteiger partial charge in [0.15, 0.2) is 0 Å². The van der Waals surface area contributed by atoms with Crippen molar-refractivity contribution in [3.63, 3.8) is 0 Å². The molecule has 0 fully saturated rings. The number of phenolic OH excluding ortho intramolecular Hbond substituents is 1. The molecule has 0 saturated heterocycles. The molecule has 0 amide bonds. The number of aromatic hydroxyl groups is 1. The smallest absolute Gasteiger partial charge is 0.120 e. The molecule has 0 aliphatic rings. The number of aromatic nitrogens is 2. The van der Waals surface area contributed by atoms with E-state index in [0.717, 1.165) is 18.5 Å². The van der Waals surface area contributed by atoms with Crippen LogP contribution in [0.3, 0.4) is 0 Å². The summed E-state index contributed by atoms with van der Waals surface area (Å²) in [5.74, 6) is 0.345. The van der Waals surface area contributed by atoms with Crippen LogP contribution < -0.4 is 5.32 Å². The van der Waals surface area contributed by atoms with Crippen molar-refractivity contribution < 1.29 is 5.11 Å². The van der Waals surface area contributed by atoms with Gasteiger partial charge in [-0.05, 0) is 19.1 Å². The summed E-state index contributed by atoms with van der Waals surface area (Å²) < 4.78 is 1.88. The predicted molar refractivity (Wildman–Crippen MR) is 71.4 cm³/mol. The first-order valence-electron chi connectivity index (χ1n) is 6.16. The van der Waals surface area contributed by atoms with Gasteiger partial charge >= 0.3 is 0 Å². The molecule has 1 aromatic heterocycles. The van der Waals surface area contributed by atoms with E-state index in [4.69, 9.17) is 0 Å². The van der Waals surface area contributed by atoms with Crippen LogP contribution in [0.25, 0.3) is 0 Å². The number of benzene rings is 1. The van der Waals surface area contributed by atoms with Gasteiger partial charge in [-0.15, -0.1) is 0 Å². The Labute approximate surface area is 107 Å². The van der Waals surface area contributed by atoms with Crippen molar-refractivity contribution in [1.29, 1.82) is 0 Å². The van der Waals surface area contributed by atoms with E-state index in [2.05, 4.69) is 17.3 Å². The molecule has 1 heterocycles. The van der Waals surface area contributed by atoms with Gasteiger partial charge in [0.1, 0.15) is 5.75 Å². The Morgan fingerprint density at radius 2 is 2.11 bits per heavy atom. The molecule has 0 aliphatic carbocycles. The molecule has 0 radical (unpaired) electrons. The zero-order valence-corrected chi connectivity index (χ0v) is 10.8. The normalized spacial score (nSPS) is 12.6. The van der Waals surface area contributed by atoms with Crippen molar-refractivity contribution in [1.82, 2.24) is 15.1 Å². The molecule has 2 N–H and O–H groups in total. The number of nitrogens with one attached hydrogen (secondary N) is 1. The number of hydrogen-bond acceptors (Lipinski definition) is 3. The van der Waals surface area contributed by atoms with Gasteiger partial charge in [-0.2, -0.15) is 5.10 Å². The van der Waals surface area contributed by atoms with Crippen molar-refractivity contribution in [2.45, 2.75) is 19.4 Å². The molecule has 1 unspecified atom stereocenters. The van der Waals surface area contributed by atoms with E-state index in [1.165, 1.54) is 5.69 Å². The van der Waals surface area contributed by atoms with Crippen LogP contribution in [0.4, 0.5) is 0 Å². The van der Waals surface area contributed by atoms with Gasteiger partial charge in [-0.1, -0.05) is 18.2 Å². The number of nitrogens with zero attached hydrogens (tertiary/aromatic N) is 2. The average molecular weight is 245 g/mol. The number of para-hydroxylation sites is 1. The van der Waals surface area contributed by atoms with E-state index in [1.54, 1.807) is 6.07 Å². The third-order valence-electron chi connectivity index (χ3n) is 3.16. The number of aryl methyl sites for hydroxylation is 1. The number of rotatable bonds is 5. The molecule has 4 nitrogen and oxygen atoms in total. The SMILES string of the molecule is CC(NCCc1ccnn1C)c1ccccc1O. The summed E-state index contributed by atoms with van der Waals surface area (Å²) in [6.07, 6.45) is 2.73. The molecule has 0 saturated carbocycles. The van der Waals surface area contributed by atoms with Crippen molar-refractivity contribution >= 4 is 0 Å². The van der Waals surface area contributed by atoms with E-state index in [9.17, 15) is 5.11 Å². The monoisotopic (exact) mass is 245 g/mol. The second-order valence-electron chi connectivity index (χ2n) is 4.43. The summed E-state index contributed by atoms with van der Waals surface area (Å²) in [6, 6.07) is 9.59. The molecular weight excluding hydrogens is 226 g/mol. The molecule has 2 rings (SSSR count). The molecule has 96 valence electrons. The van der Waals surface area contributed by atoms with E-state index < -0.39 is 0 Å². The van der Waals surface area contributed by atoms with E-state index >= 15 is 0 Å². The third kappa shape index (κ3) is 2.90. The Morgan fingerprint density at radius 3 is 2.78 bits per heavy atom. The zero-order valence-electron chi connectivity index (χ0n) is 10.8. The van der Waals surface area contributed by atoms with E-state index in [1.807, 2.05) is 42.2 Å². The van der Waals surface area contributed by atoms with Crippen molar-refractivity contribution in [2.24, 2.45) is 7.05 Å². The van der Waals surface area contributed by atoms with Crippen molar-refractivity contribution in [3.05, 3.63) is 47.8 Å². The lowest BCUT2D eigenvalue weighted by Crippen LogP contribution is -2.22. The molecule has 1 atom stereocenters. The van der Waals surface area contributed by atoms with Crippen molar-refractivity contribution in [3.8, 4) is 5.75 Å². The lowest BCUT2D eigenvalue weighted by atomic mass is 10.1. The molecule has 18 heavy (non-hydrogen) atoms. The van der Waals surface area contributed by atoms with Crippen molar-refractivity contribution in [2.75, 3.05) is 6.54 Å². The van der Waals surface area contributed by atoms with Crippen LogP contribution in [0.2, 0.25) is 0 Å². The maximum atomic E-state index is 9.75. The summed E-state index contributed by atoms with van der Waals surface area (Å²) in [5, 5.41) is 17.3. The van der Waals surface area contributed by atoms with Crippen LogP contribution in [0.15, 0.2) is 36.5 Å².